The van der Waals surface area contributed by atoms with Crippen LogP contribution in [0.15, 0.2) is 73.1 Å². The van der Waals surface area contributed by atoms with Gasteiger partial charge in [0.05, 0.1) is 11.1 Å². The third kappa shape index (κ3) is 2.82. The SMILES string of the molecule is O=C1C(=O)c2cc(-c3ccc(O)cc3)cnc2-c2ncc(-c3ccc(O)cc3)cc21. The van der Waals surface area contributed by atoms with Crippen LogP contribution in [0.5, 0.6) is 11.5 Å². The lowest BCUT2D eigenvalue weighted by Gasteiger charge is -2.18. The summed E-state index contributed by atoms with van der Waals surface area (Å²) in [5.41, 5.74) is 4.03. The van der Waals surface area contributed by atoms with Crippen LogP contribution in [0.3, 0.4) is 0 Å². The fraction of sp³-hybridized carbons (Fsp3) is 0. The number of carbonyl (C=O) groups excluding carboxylic acids is 2. The van der Waals surface area contributed by atoms with Crippen LogP contribution < -0.4 is 0 Å². The average Bonchev–Trinajstić information content (AvgIpc) is 2.78. The largest absolute Gasteiger partial charge is 0.508 e. The number of benzene rings is 2. The highest BCUT2D eigenvalue weighted by atomic mass is 16.3. The van der Waals surface area contributed by atoms with E-state index in [-0.39, 0.29) is 22.6 Å². The van der Waals surface area contributed by atoms with E-state index in [1.165, 1.54) is 0 Å². The molecule has 1 aliphatic rings. The Morgan fingerprint density at radius 2 is 0.900 bits per heavy atom. The first kappa shape index (κ1) is 17.8. The summed E-state index contributed by atoms with van der Waals surface area (Å²) in [5.74, 6) is -0.984. The molecule has 0 aliphatic heterocycles. The van der Waals surface area contributed by atoms with Gasteiger partial charge in [0, 0.05) is 23.5 Å². The lowest BCUT2D eigenvalue weighted by Crippen LogP contribution is -2.23. The van der Waals surface area contributed by atoms with E-state index < -0.39 is 11.6 Å². The highest BCUT2D eigenvalue weighted by Crippen LogP contribution is 2.35. The summed E-state index contributed by atoms with van der Waals surface area (Å²) >= 11 is 0. The molecule has 0 bridgehead atoms. The number of phenols is 2. The minimum absolute atomic E-state index is 0.137. The van der Waals surface area contributed by atoms with E-state index in [0.717, 1.165) is 11.1 Å². The van der Waals surface area contributed by atoms with Crippen LogP contribution in [0.1, 0.15) is 20.7 Å². The normalized spacial score (nSPS) is 12.4. The van der Waals surface area contributed by atoms with Crippen molar-refractivity contribution in [1.82, 2.24) is 9.97 Å². The van der Waals surface area contributed by atoms with Crippen LogP contribution in [-0.4, -0.2) is 31.7 Å². The summed E-state index contributed by atoms with van der Waals surface area (Å²) in [5, 5.41) is 18.9. The zero-order chi connectivity index (χ0) is 20.8. The van der Waals surface area contributed by atoms with Gasteiger partial charge in [-0.25, -0.2) is 0 Å². The fourth-order valence-electron chi connectivity index (χ4n) is 3.52. The molecule has 0 saturated heterocycles. The van der Waals surface area contributed by atoms with E-state index in [2.05, 4.69) is 9.97 Å². The zero-order valence-electron chi connectivity index (χ0n) is 15.5. The van der Waals surface area contributed by atoms with Crippen molar-refractivity contribution in [2.45, 2.75) is 0 Å². The number of ketones is 2. The van der Waals surface area contributed by atoms with Crippen molar-refractivity contribution in [3.63, 3.8) is 0 Å². The van der Waals surface area contributed by atoms with Crippen LogP contribution in [0, 0.1) is 0 Å². The number of aromatic hydroxyl groups is 2. The molecule has 0 fully saturated rings. The molecular formula is C24H14N2O4. The fourth-order valence-corrected chi connectivity index (χ4v) is 3.52. The monoisotopic (exact) mass is 394 g/mol. The third-order valence-electron chi connectivity index (χ3n) is 5.10. The van der Waals surface area contributed by atoms with Crippen molar-refractivity contribution in [3.8, 4) is 45.1 Å². The van der Waals surface area contributed by atoms with Crippen molar-refractivity contribution < 1.29 is 19.8 Å². The molecule has 2 N–H and O–H groups in total. The number of phenolic OH excluding ortho intramolecular Hbond substituents is 2. The maximum absolute atomic E-state index is 12.8. The van der Waals surface area contributed by atoms with Crippen LogP contribution in [0.4, 0.5) is 0 Å². The predicted molar refractivity (Wildman–Crippen MR) is 110 cm³/mol. The molecule has 6 heteroatoms. The molecule has 30 heavy (non-hydrogen) atoms. The number of hydrogen-bond acceptors (Lipinski definition) is 6. The molecule has 0 saturated carbocycles. The molecule has 0 amide bonds. The third-order valence-corrected chi connectivity index (χ3v) is 5.10. The van der Waals surface area contributed by atoms with Crippen molar-refractivity contribution >= 4 is 11.6 Å². The number of hydrogen-bond donors (Lipinski definition) is 2. The van der Waals surface area contributed by atoms with Crippen LogP contribution >= 0.6 is 0 Å². The minimum Gasteiger partial charge on any atom is -0.508 e. The Labute approximate surface area is 171 Å². The summed E-state index contributed by atoms with van der Waals surface area (Å²) in [4.78, 5) is 34.5. The quantitative estimate of drug-likeness (QED) is 0.493. The highest BCUT2D eigenvalue weighted by Gasteiger charge is 2.33. The first-order valence-electron chi connectivity index (χ1n) is 9.19. The van der Waals surface area contributed by atoms with Gasteiger partial charge in [-0.05, 0) is 47.5 Å². The van der Waals surface area contributed by atoms with Gasteiger partial charge in [0.1, 0.15) is 22.9 Å². The van der Waals surface area contributed by atoms with Gasteiger partial charge in [0.25, 0.3) is 0 Å². The van der Waals surface area contributed by atoms with Gasteiger partial charge in [0.15, 0.2) is 0 Å². The molecule has 2 aromatic carbocycles. The maximum Gasteiger partial charge on any atom is 0.235 e. The number of carbonyl (C=O) groups is 2. The molecule has 4 aromatic rings. The molecule has 6 nitrogen and oxygen atoms in total. The first-order chi connectivity index (χ1) is 14.5. The molecule has 2 heterocycles. The van der Waals surface area contributed by atoms with E-state index in [9.17, 15) is 19.8 Å². The topological polar surface area (TPSA) is 100 Å². The smallest absolute Gasteiger partial charge is 0.235 e. The van der Waals surface area contributed by atoms with Crippen LogP contribution in [0.2, 0.25) is 0 Å². The Balaban J connectivity index is 1.62. The summed E-state index contributed by atoms with van der Waals surface area (Å²) in [6, 6.07) is 16.3. The molecule has 1 aliphatic carbocycles. The Hall–Kier alpha value is -4.32. The number of aromatic nitrogens is 2. The summed E-state index contributed by atoms with van der Waals surface area (Å²) < 4.78 is 0. The van der Waals surface area contributed by atoms with E-state index in [0.29, 0.717) is 22.5 Å². The lowest BCUT2D eigenvalue weighted by atomic mass is 9.88. The summed E-state index contributed by atoms with van der Waals surface area (Å²) in [7, 11) is 0. The molecular weight excluding hydrogens is 380 g/mol. The van der Waals surface area contributed by atoms with Gasteiger partial charge in [-0.1, -0.05) is 24.3 Å². The van der Waals surface area contributed by atoms with E-state index in [4.69, 9.17) is 0 Å². The second-order valence-corrected chi connectivity index (χ2v) is 6.99. The number of Topliss-reactive ketones (excluding diaryl/α,β-unsaturated/α-hetero) is 2. The lowest BCUT2D eigenvalue weighted by molar-refractivity contribution is 0.0815. The van der Waals surface area contributed by atoms with Gasteiger partial charge in [-0.3, -0.25) is 19.6 Å². The van der Waals surface area contributed by atoms with Crippen molar-refractivity contribution in [2.24, 2.45) is 0 Å². The Morgan fingerprint density at radius 1 is 0.533 bits per heavy atom. The Kier molecular flexibility index (Phi) is 3.93. The van der Waals surface area contributed by atoms with E-state index >= 15 is 0 Å². The molecule has 0 radical (unpaired) electrons. The van der Waals surface area contributed by atoms with Crippen LogP contribution in [0.25, 0.3) is 33.6 Å². The standard InChI is InChI=1S/C24H14N2O4/c27-17-5-1-13(2-6-17)15-9-19-21(25-11-15)22-20(24(30)23(19)29)10-16(12-26-22)14-3-7-18(28)8-4-14/h1-12,27-28H. The van der Waals surface area contributed by atoms with Crippen molar-refractivity contribution in [1.29, 1.82) is 0 Å². The second-order valence-electron chi connectivity index (χ2n) is 6.99. The molecule has 0 unspecified atom stereocenters. The highest BCUT2D eigenvalue weighted by molar-refractivity contribution is 6.52. The molecule has 144 valence electrons. The first-order valence-corrected chi connectivity index (χ1v) is 9.19. The number of rotatable bonds is 2. The van der Waals surface area contributed by atoms with Crippen LogP contribution in [-0.2, 0) is 0 Å². The Bertz CT molecular complexity index is 1220. The van der Waals surface area contributed by atoms with Gasteiger partial charge in [-0.15, -0.1) is 0 Å². The number of fused-ring (bicyclic) bond motifs is 3. The maximum atomic E-state index is 12.8. The zero-order valence-corrected chi connectivity index (χ0v) is 15.5. The Morgan fingerprint density at radius 3 is 1.27 bits per heavy atom. The molecule has 0 spiro atoms. The average molecular weight is 394 g/mol. The van der Waals surface area contributed by atoms with Gasteiger partial charge >= 0.3 is 0 Å². The van der Waals surface area contributed by atoms with E-state index in [1.54, 1.807) is 73.1 Å². The second kappa shape index (κ2) is 6.63. The van der Waals surface area contributed by atoms with E-state index in [1.807, 2.05) is 0 Å². The van der Waals surface area contributed by atoms with Gasteiger partial charge in [0.2, 0.25) is 11.6 Å². The molecule has 2 aromatic heterocycles. The minimum atomic E-state index is -0.629. The van der Waals surface area contributed by atoms with Gasteiger partial charge in [-0.2, -0.15) is 0 Å². The predicted octanol–water partition coefficient (Wildman–Crippen LogP) is 4.27. The van der Waals surface area contributed by atoms with Crippen molar-refractivity contribution in [2.75, 3.05) is 0 Å². The van der Waals surface area contributed by atoms with Crippen molar-refractivity contribution in [3.05, 3.63) is 84.2 Å². The number of nitrogens with zero attached hydrogens (tertiary/aromatic N) is 2. The molecule has 0 atom stereocenters. The molecule has 5 rings (SSSR count). The summed E-state index contributed by atoms with van der Waals surface area (Å²) in [6.45, 7) is 0. The summed E-state index contributed by atoms with van der Waals surface area (Å²) in [6.07, 6.45) is 3.24. The number of pyridine rings is 2. The van der Waals surface area contributed by atoms with Gasteiger partial charge < -0.3 is 10.2 Å².